The number of aromatic nitrogens is 2. The molecule has 0 aliphatic carbocycles. The van der Waals surface area contributed by atoms with Crippen LogP contribution >= 0.6 is 31.9 Å². The van der Waals surface area contributed by atoms with Gasteiger partial charge >= 0.3 is 0 Å². The van der Waals surface area contributed by atoms with E-state index in [1.165, 1.54) is 6.07 Å². The highest BCUT2D eigenvalue weighted by molar-refractivity contribution is 9.10. The van der Waals surface area contributed by atoms with Crippen LogP contribution in [0.25, 0.3) is 0 Å². The highest BCUT2D eigenvalue weighted by Crippen LogP contribution is 2.25. The SMILES string of the molecule is CCc1nn(CC)c(COc2ccc(Br)c(F)c2)c1Br. The van der Waals surface area contributed by atoms with Gasteiger partial charge in [0, 0.05) is 12.6 Å². The molecule has 0 spiro atoms. The molecule has 6 heteroatoms. The Kier molecular flexibility index (Phi) is 5.21. The minimum atomic E-state index is -0.334. The van der Waals surface area contributed by atoms with Crippen molar-refractivity contribution in [3.8, 4) is 5.75 Å². The minimum Gasteiger partial charge on any atom is -0.487 e. The van der Waals surface area contributed by atoms with Crippen molar-refractivity contribution in [1.29, 1.82) is 0 Å². The molecule has 0 aliphatic heterocycles. The van der Waals surface area contributed by atoms with Gasteiger partial charge in [-0.3, -0.25) is 4.68 Å². The van der Waals surface area contributed by atoms with Gasteiger partial charge < -0.3 is 4.74 Å². The van der Waals surface area contributed by atoms with Gasteiger partial charge in [-0.2, -0.15) is 5.10 Å². The van der Waals surface area contributed by atoms with Gasteiger partial charge in [-0.25, -0.2) is 4.39 Å². The van der Waals surface area contributed by atoms with E-state index in [4.69, 9.17) is 4.74 Å². The van der Waals surface area contributed by atoms with E-state index >= 15 is 0 Å². The van der Waals surface area contributed by atoms with Crippen molar-refractivity contribution in [2.75, 3.05) is 0 Å². The van der Waals surface area contributed by atoms with Crippen molar-refractivity contribution in [2.45, 2.75) is 33.4 Å². The summed E-state index contributed by atoms with van der Waals surface area (Å²) in [6, 6.07) is 4.73. The summed E-state index contributed by atoms with van der Waals surface area (Å²) in [4.78, 5) is 0. The van der Waals surface area contributed by atoms with Gasteiger partial charge in [-0.15, -0.1) is 0 Å². The van der Waals surface area contributed by atoms with E-state index in [-0.39, 0.29) is 5.82 Å². The molecule has 2 rings (SSSR count). The Morgan fingerprint density at radius 3 is 2.65 bits per heavy atom. The molecule has 0 saturated carbocycles. The third-order valence-corrected chi connectivity index (χ3v) is 4.52. The fraction of sp³-hybridized carbons (Fsp3) is 0.357. The Hall–Kier alpha value is -0.880. The first-order chi connectivity index (χ1) is 9.56. The molecule has 0 aliphatic rings. The van der Waals surface area contributed by atoms with E-state index in [1.807, 2.05) is 11.6 Å². The van der Waals surface area contributed by atoms with Crippen LogP contribution in [0.2, 0.25) is 0 Å². The molecule has 0 radical (unpaired) electrons. The second kappa shape index (κ2) is 6.72. The van der Waals surface area contributed by atoms with Crippen molar-refractivity contribution in [1.82, 2.24) is 9.78 Å². The van der Waals surface area contributed by atoms with Crippen molar-refractivity contribution in [3.05, 3.63) is 44.3 Å². The lowest BCUT2D eigenvalue weighted by molar-refractivity contribution is 0.290. The van der Waals surface area contributed by atoms with Gasteiger partial charge in [0.05, 0.1) is 20.3 Å². The molecule has 0 fully saturated rings. The van der Waals surface area contributed by atoms with Crippen molar-refractivity contribution in [2.24, 2.45) is 0 Å². The van der Waals surface area contributed by atoms with Crippen molar-refractivity contribution in [3.63, 3.8) is 0 Å². The number of benzene rings is 1. The molecule has 1 aromatic carbocycles. The summed E-state index contributed by atoms with van der Waals surface area (Å²) in [5.74, 6) is 0.166. The Morgan fingerprint density at radius 2 is 2.05 bits per heavy atom. The monoisotopic (exact) mass is 404 g/mol. The summed E-state index contributed by atoms with van der Waals surface area (Å²) >= 11 is 6.68. The number of hydrogen-bond acceptors (Lipinski definition) is 2. The molecule has 2 aromatic rings. The maximum absolute atomic E-state index is 13.4. The van der Waals surface area contributed by atoms with Crippen molar-refractivity contribution >= 4 is 31.9 Å². The zero-order valence-electron chi connectivity index (χ0n) is 11.3. The average molecular weight is 406 g/mol. The number of aryl methyl sites for hydroxylation is 2. The maximum atomic E-state index is 13.4. The minimum absolute atomic E-state index is 0.334. The fourth-order valence-electron chi connectivity index (χ4n) is 1.87. The molecule has 0 atom stereocenters. The Morgan fingerprint density at radius 1 is 1.30 bits per heavy atom. The third-order valence-electron chi connectivity index (χ3n) is 2.96. The molecular weight excluding hydrogens is 391 g/mol. The van der Waals surface area contributed by atoms with Gasteiger partial charge in [0.25, 0.3) is 0 Å². The molecule has 0 bridgehead atoms. The molecule has 0 saturated heterocycles. The molecule has 1 aromatic heterocycles. The lowest BCUT2D eigenvalue weighted by atomic mass is 10.3. The summed E-state index contributed by atoms with van der Waals surface area (Å²) in [5.41, 5.74) is 1.97. The first kappa shape index (κ1) is 15.5. The summed E-state index contributed by atoms with van der Waals surface area (Å²) in [6.45, 7) is 5.21. The lowest BCUT2D eigenvalue weighted by Crippen LogP contribution is -2.06. The van der Waals surface area contributed by atoms with Gasteiger partial charge in [0.1, 0.15) is 18.2 Å². The molecule has 20 heavy (non-hydrogen) atoms. The van der Waals surface area contributed by atoms with Crippen LogP contribution in [-0.4, -0.2) is 9.78 Å². The summed E-state index contributed by atoms with van der Waals surface area (Å²) in [6.07, 6.45) is 0.855. The van der Waals surface area contributed by atoms with Crippen LogP contribution in [0.3, 0.4) is 0 Å². The maximum Gasteiger partial charge on any atom is 0.141 e. The van der Waals surface area contributed by atoms with E-state index in [9.17, 15) is 4.39 Å². The number of nitrogens with zero attached hydrogens (tertiary/aromatic N) is 2. The number of hydrogen-bond donors (Lipinski definition) is 0. The van der Waals surface area contributed by atoms with E-state index in [1.54, 1.807) is 12.1 Å². The highest BCUT2D eigenvalue weighted by atomic mass is 79.9. The molecule has 0 unspecified atom stereocenters. The quantitative estimate of drug-likeness (QED) is 0.720. The summed E-state index contributed by atoms with van der Waals surface area (Å²) in [7, 11) is 0. The van der Waals surface area contributed by atoms with Gasteiger partial charge in [0.15, 0.2) is 0 Å². The largest absolute Gasteiger partial charge is 0.487 e. The third kappa shape index (κ3) is 3.23. The van der Waals surface area contributed by atoms with E-state index < -0.39 is 0 Å². The fourth-order valence-corrected chi connectivity index (χ4v) is 2.80. The summed E-state index contributed by atoms with van der Waals surface area (Å²) in [5, 5.41) is 4.50. The summed E-state index contributed by atoms with van der Waals surface area (Å²) < 4.78 is 22.4. The molecule has 108 valence electrons. The number of halogens is 3. The molecule has 0 amide bonds. The van der Waals surface area contributed by atoms with Gasteiger partial charge in [-0.05, 0) is 57.3 Å². The molecular formula is C14H15Br2FN2O. The van der Waals surface area contributed by atoms with Crippen LogP contribution in [0.15, 0.2) is 27.1 Å². The lowest BCUT2D eigenvalue weighted by Gasteiger charge is -2.09. The van der Waals surface area contributed by atoms with Gasteiger partial charge in [-0.1, -0.05) is 6.92 Å². The highest BCUT2D eigenvalue weighted by Gasteiger charge is 2.14. The Balaban J connectivity index is 2.17. The van der Waals surface area contributed by atoms with E-state index in [0.717, 1.165) is 28.8 Å². The second-order valence-electron chi connectivity index (χ2n) is 4.24. The molecule has 1 heterocycles. The normalized spacial score (nSPS) is 10.8. The second-order valence-corrected chi connectivity index (χ2v) is 5.89. The van der Waals surface area contributed by atoms with Crippen molar-refractivity contribution < 1.29 is 9.13 Å². The first-order valence-electron chi connectivity index (χ1n) is 6.38. The van der Waals surface area contributed by atoms with Crippen LogP contribution in [0, 0.1) is 5.82 Å². The Labute approximate surface area is 134 Å². The topological polar surface area (TPSA) is 27.1 Å². The molecule has 0 N–H and O–H groups in total. The zero-order valence-corrected chi connectivity index (χ0v) is 14.5. The van der Waals surface area contributed by atoms with Gasteiger partial charge in [0.2, 0.25) is 0 Å². The van der Waals surface area contributed by atoms with Crippen LogP contribution in [0.4, 0.5) is 4.39 Å². The van der Waals surface area contributed by atoms with E-state index in [2.05, 4.69) is 43.9 Å². The smallest absolute Gasteiger partial charge is 0.141 e. The average Bonchev–Trinajstić information content (AvgIpc) is 2.76. The van der Waals surface area contributed by atoms with E-state index in [0.29, 0.717) is 16.8 Å². The Bertz CT molecular complexity index is 613. The predicted octanol–water partition coefficient (Wildman–Crippen LogP) is 4.71. The number of rotatable bonds is 5. The predicted molar refractivity (Wildman–Crippen MR) is 83.4 cm³/mol. The van der Waals surface area contributed by atoms with Crippen LogP contribution in [0.1, 0.15) is 25.2 Å². The van der Waals surface area contributed by atoms with Crippen LogP contribution in [0.5, 0.6) is 5.75 Å². The standard InChI is InChI=1S/C14H15Br2FN2O/c1-3-12-14(16)13(19(4-2)18-12)8-20-9-5-6-10(15)11(17)7-9/h5-7H,3-4,8H2,1-2H3. The number of ether oxygens (including phenoxy) is 1. The molecule has 3 nitrogen and oxygen atoms in total. The first-order valence-corrected chi connectivity index (χ1v) is 7.97. The zero-order chi connectivity index (χ0) is 14.7. The van der Waals surface area contributed by atoms with Crippen LogP contribution < -0.4 is 4.74 Å². The van der Waals surface area contributed by atoms with Crippen LogP contribution in [-0.2, 0) is 19.6 Å².